The third kappa shape index (κ3) is 9.08. The topological polar surface area (TPSA) is 101 Å². The van der Waals surface area contributed by atoms with Gasteiger partial charge >= 0.3 is 40.0 Å². The van der Waals surface area contributed by atoms with Gasteiger partial charge in [-0.2, -0.15) is 8.42 Å². The molecule has 104 valence electrons. The van der Waals surface area contributed by atoms with Crippen LogP contribution in [0.15, 0.2) is 54.6 Å². The van der Waals surface area contributed by atoms with Crippen molar-refractivity contribution in [1.29, 1.82) is 0 Å². The van der Waals surface area contributed by atoms with Gasteiger partial charge in [0.15, 0.2) is 0 Å². The van der Waals surface area contributed by atoms with Gasteiger partial charge in [-0.3, -0.25) is 9.11 Å². The summed E-state index contributed by atoms with van der Waals surface area (Å²) in [6, 6.07) is 18.4. The van der Waals surface area contributed by atoms with E-state index in [1.807, 2.05) is 24.3 Å². The van der Waals surface area contributed by atoms with Crippen LogP contribution >= 0.6 is 0 Å². The van der Waals surface area contributed by atoms with Gasteiger partial charge in [0.1, 0.15) is 0 Å². The molecule has 0 aromatic heterocycles. The molecular formula is C13H16NNaO4S. The molecule has 0 fully saturated rings. The summed E-state index contributed by atoms with van der Waals surface area (Å²) in [7, 11) is -4.67. The van der Waals surface area contributed by atoms with Crippen LogP contribution in [0.2, 0.25) is 0 Å². The second-order valence-corrected chi connectivity index (χ2v) is 4.70. The number of hydrogen-bond donors (Lipinski definition) is 3. The first-order chi connectivity index (χ1) is 8.86. The zero-order chi connectivity index (χ0) is 14.3. The maximum atomic E-state index is 8.74. The second kappa shape index (κ2) is 9.12. The summed E-state index contributed by atoms with van der Waals surface area (Å²) in [6.45, 7) is 0. The molecule has 0 aliphatic carbocycles. The number of benzene rings is 2. The predicted octanol–water partition coefficient (Wildman–Crippen LogP) is 1.56. The molecule has 2 rings (SSSR count). The third-order valence-corrected chi connectivity index (χ3v) is 2.29. The van der Waals surface area contributed by atoms with Gasteiger partial charge in [0.2, 0.25) is 0 Å². The molecular weight excluding hydrogens is 289 g/mol. The van der Waals surface area contributed by atoms with E-state index in [1.165, 1.54) is 11.1 Å². The fraction of sp³-hybridized carbons (Fsp3) is 0.0769. The number of nitrogens with two attached hydrogens (primary N) is 1. The molecule has 0 heterocycles. The molecule has 4 N–H and O–H groups in total. The quantitative estimate of drug-likeness (QED) is 0.444. The number of rotatable bonds is 2. The summed E-state index contributed by atoms with van der Waals surface area (Å²) in [5.41, 5.74) is 9.23. The van der Waals surface area contributed by atoms with Gasteiger partial charge in [0.05, 0.1) is 0 Å². The Bertz CT molecular complexity index is 609. The van der Waals surface area contributed by atoms with Crippen molar-refractivity contribution in [1.82, 2.24) is 0 Å². The molecule has 0 unspecified atom stereocenters. The molecule has 0 spiro atoms. The Balaban J connectivity index is 0.000000526. The Hall–Kier alpha value is -0.890. The Morgan fingerprint density at radius 2 is 1.35 bits per heavy atom. The molecule has 0 saturated heterocycles. The molecule has 5 nitrogen and oxygen atoms in total. The molecule has 0 aliphatic rings. The fourth-order valence-corrected chi connectivity index (χ4v) is 1.51. The molecule has 0 aliphatic heterocycles. The first-order valence-corrected chi connectivity index (χ1v) is 6.83. The van der Waals surface area contributed by atoms with E-state index in [0.717, 1.165) is 12.1 Å². The molecule has 0 atom stereocenters. The monoisotopic (exact) mass is 305 g/mol. The third-order valence-electron chi connectivity index (χ3n) is 2.29. The van der Waals surface area contributed by atoms with Gasteiger partial charge in [-0.15, -0.1) is 0 Å². The van der Waals surface area contributed by atoms with Crippen molar-refractivity contribution in [3.05, 3.63) is 65.7 Å². The molecule has 20 heavy (non-hydrogen) atoms. The molecule has 2 aromatic rings. The number of para-hydroxylation sites is 1. The Morgan fingerprint density at radius 3 is 1.85 bits per heavy atom. The zero-order valence-corrected chi connectivity index (χ0v) is 10.9. The maximum absolute atomic E-state index is 8.74. The Labute approximate surface area is 140 Å². The van der Waals surface area contributed by atoms with Crippen molar-refractivity contribution < 1.29 is 17.5 Å². The Kier molecular flexibility index (Phi) is 8.71. The van der Waals surface area contributed by atoms with Crippen LogP contribution in [0, 0.1) is 0 Å². The van der Waals surface area contributed by atoms with Gasteiger partial charge in [-0.05, 0) is 23.6 Å². The first-order valence-electron chi connectivity index (χ1n) is 5.43. The molecule has 0 amide bonds. The van der Waals surface area contributed by atoms with Crippen LogP contribution in [0.3, 0.4) is 0 Å². The van der Waals surface area contributed by atoms with Crippen LogP contribution < -0.4 is 5.73 Å². The molecule has 7 heteroatoms. The average molecular weight is 305 g/mol. The SMILES string of the molecule is Nc1ccccc1Cc1ccccc1.O=S(=O)(O)O.[NaH]. The van der Waals surface area contributed by atoms with Crippen LogP contribution in [-0.2, 0) is 16.8 Å². The average Bonchev–Trinajstić information content (AvgIpc) is 2.31. The summed E-state index contributed by atoms with van der Waals surface area (Å²) < 4.78 is 31.6. The van der Waals surface area contributed by atoms with E-state index >= 15 is 0 Å². The summed E-state index contributed by atoms with van der Waals surface area (Å²) in [4.78, 5) is 0. The van der Waals surface area contributed by atoms with Gasteiger partial charge in [0, 0.05) is 5.69 Å². The second-order valence-electron chi connectivity index (χ2n) is 3.81. The van der Waals surface area contributed by atoms with Crippen molar-refractivity contribution in [3.63, 3.8) is 0 Å². The van der Waals surface area contributed by atoms with E-state index in [1.54, 1.807) is 0 Å². The summed E-state index contributed by atoms with van der Waals surface area (Å²) in [5.74, 6) is 0. The van der Waals surface area contributed by atoms with Crippen LogP contribution in [0.25, 0.3) is 0 Å². The summed E-state index contributed by atoms with van der Waals surface area (Å²) in [6.07, 6.45) is 0.910. The van der Waals surface area contributed by atoms with Gasteiger partial charge in [-0.25, -0.2) is 0 Å². The molecule has 0 saturated carbocycles. The van der Waals surface area contributed by atoms with Crippen molar-refractivity contribution in [3.8, 4) is 0 Å². The summed E-state index contributed by atoms with van der Waals surface area (Å²) >= 11 is 0. The van der Waals surface area contributed by atoms with Crippen molar-refractivity contribution in [2.75, 3.05) is 5.73 Å². The summed E-state index contributed by atoms with van der Waals surface area (Å²) in [5, 5.41) is 0. The number of nitrogen functional groups attached to an aromatic ring is 1. The van der Waals surface area contributed by atoms with Crippen molar-refractivity contribution in [2.45, 2.75) is 6.42 Å². The minimum absolute atomic E-state index is 0. The van der Waals surface area contributed by atoms with Crippen LogP contribution in [0.4, 0.5) is 5.69 Å². The van der Waals surface area contributed by atoms with E-state index in [4.69, 9.17) is 23.3 Å². The van der Waals surface area contributed by atoms with Crippen LogP contribution in [-0.4, -0.2) is 47.1 Å². The van der Waals surface area contributed by atoms with Crippen LogP contribution in [0.5, 0.6) is 0 Å². The first kappa shape index (κ1) is 19.1. The molecule has 2 aromatic carbocycles. The normalized spacial score (nSPS) is 9.90. The number of anilines is 1. The minimum atomic E-state index is -4.67. The van der Waals surface area contributed by atoms with E-state index in [0.29, 0.717) is 0 Å². The standard InChI is InChI=1S/C13H13N.Na.H2O4S.H/c14-13-9-5-4-8-12(13)10-11-6-2-1-3-7-11;;1-5(2,3)4;/h1-9H,10,14H2;;(H2,1,2,3,4);. The van der Waals surface area contributed by atoms with Gasteiger partial charge in [-0.1, -0.05) is 48.5 Å². The van der Waals surface area contributed by atoms with E-state index < -0.39 is 10.4 Å². The van der Waals surface area contributed by atoms with Crippen LogP contribution in [0.1, 0.15) is 11.1 Å². The molecule has 0 radical (unpaired) electrons. The number of hydrogen-bond acceptors (Lipinski definition) is 3. The Morgan fingerprint density at radius 1 is 0.900 bits per heavy atom. The van der Waals surface area contributed by atoms with E-state index in [-0.39, 0.29) is 29.6 Å². The van der Waals surface area contributed by atoms with Crippen molar-refractivity contribution in [2.24, 2.45) is 0 Å². The zero-order valence-electron chi connectivity index (χ0n) is 10.1. The van der Waals surface area contributed by atoms with E-state index in [9.17, 15) is 0 Å². The fourth-order valence-electron chi connectivity index (χ4n) is 1.51. The van der Waals surface area contributed by atoms with Gasteiger partial charge < -0.3 is 5.73 Å². The predicted molar refractivity (Wildman–Crippen MR) is 81.4 cm³/mol. The van der Waals surface area contributed by atoms with Gasteiger partial charge in [0.25, 0.3) is 0 Å². The van der Waals surface area contributed by atoms with Crippen molar-refractivity contribution >= 4 is 45.6 Å². The molecule has 0 bridgehead atoms. The van der Waals surface area contributed by atoms with E-state index in [2.05, 4.69) is 30.3 Å².